The number of hydrogen-bond donors (Lipinski definition) is 3. The molecular weight excluding hydrogens is 995 g/mol. The van der Waals surface area contributed by atoms with Crippen molar-refractivity contribution in [2.75, 3.05) is 13.2 Å². The Kier molecular flexibility index (Phi) is 68.9. The Morgan fingerprint density at radius 3 is 0.975 bits per heavy atom. The second kappa shape index (κ2) is 70.6. The molecule has 0 saturated heterocycles. The van der Waals surface area contributed by atoms with Crippen molar-refractivity contribution in [3.8, 4) is 0 Å². The van der Waals surface area contributed by atoms with E-state index < -0.39 is 12.1 Å². The first-order valence-corrected chi connectivity index (χ1v) is 36.8. The zero-order valence-electron chi connectivity index (χ0n) is 54.8. The van der Waals surface area contributed by atoms with Gasteiger partial charge in [-0.05, 0) is 57.8 Å². The minimum Gasteiger partial charge on any atom is -0.466 e. The summed E-state index contributed by atoms with van der Waals surface area (Å²) in [5, 5.41) is 23.2. The summed E-state index contributed by atoms with van der Waals surface area (Å²) in [5.41, 5.74) is 0. The van der Waals surface area contributed by atoms with Crippen molar-refractivity contribution in [2.24, 2.45) is 0 Å². The maximum atomic E-state index is 12.5. The van der Waals surface area contributed by atoms with E-state index in [9.17, 15) is 19.8 Å². The topological polar surface area (TPSA) is 95.9 Å². The summed E-state index contributed by atoms with van der Waals surface area (Å²) in [7, 11) is 0. The predicted molar refractivity (Wildman–Crippen MR) is 356 cm³/mol. The highest BCUT2D eigenvalue weighted by Crippen LogP contribution is 2.19. The zero-order valence-corrected chi connectivity index (χ0v) is 54.8. The molecule has 6 heteroatoms. The number of amides is 1. The van der Waals surface area contributed by atoms with Crippen LogP contribution in [-0.4, -0.2) is 47.4 Å². The van der Waals surface area contributed by atoms with Gasteiger partial charge < -0.3 is 20.3 Å². The third-order valence-corrected chi connectivity index (χ3v) is 17.2. The molecule has 0 spiro atoms. The molecule has 0 bridgehead atoms. The molecule has 0 rings (SSSR count). The van der Waals surface area contributed by atoms with Crippen LogP contribution >= 0.6 is 0 Å². The van der Waals surface area contributed by atoms with Gasteiger partial charge in [0.05, 0.1) is 25.4 Å². The molecule has 0 heterocycles. The maximum Gasteiger partial charge on any atom is 0.305 e. The number of aliphatic hydroxyl groups excluding tert-OH is 2. The Morgan fingerprint density at radius 1 is 0.346 bits per heavy atom. The normalized spacial score (nSPS) is 12.7. The van der Waals surface area contributed by atoms with Crippen molar-refractivity contribution < 1.29 is 24.5 Å². The van der Waals surface area contributed by atoms with Gasteiger partial charge >= 0.3 is 5.97 Å². The fourth-order valence-electron chi connectivity index (χ4n) is 11.5. The summed E-state index contributed by atoms with van der Waals surface area (Å²) < 4.78 is 5.49. The van der Waals surface area contributed by atoms with Gasteiger partial charge in [-0.1, -0.05) is 371 Å². The highest BCUT2D eigenvalue weighted by molar-refractivity contribution is 5.76. The van der Waals surface area contributed by atoms with Gasteiger partial charge in [-0.15, -0.1) is 0 Å². The van der Waals surface area contributed by atoms with E-state index in [1.807, 2.05) is 6.08 Å². The molecule has 0 aliphatic carbocycles. The Labute approximate surface area is 506 Å². The van der Waals surface area contributed by atoms with Crippen LogP contribution in [-0.2, 0) is 14.3 Å². The van der Waals surface area contributed by atoms with Crippen LogP contribution < -0.4 is 5.32 Å². The molecule has 2 atom stereocenters. The van der Waals surface area contributed by atoms with E-state index in [-0.39, 0.29) is 18.5 Å². The first-order chi connectivity index (χ1) is 40.0. The van der Waals surface area contributed by atoms with Gasteiger partial charge in [0.25, 0.3) is 0 Å². The summed E-state index contributed by atoms with van der Waals surface area (Å²) in [5.74, 6) is -0.0535. The zero-order chi connectivity index (χ0) is 58.5. The van der Waals surface area contributed by atoms with Crippen LogP contribution in [0.3, 0.4) is 0 Å². The third kappa shape index (κ3) is 67.1. The molecule has 6 nitrogen and oxygen atoms in total. The van der Waals surface area contributed by atoms with Crippen molar-refractivity contribution in [2.45, 2.75) is 418 Å². The number of nitrogens with one attached hydrogen (secondary N) is 1. The average Bonchev–Trinajstić information content (AvgIpc) is 3.47. The average molecular weight is 1140 g/mol. The fraction of sp³-hybridized carbons (Fsp3) is 0.893. The fourth-order valence-corrected chi connectivity index (χ4v) is 11.5. The monoisotopic (exact) mass is 1140 g/mol. The molecule has 0 fully saturated rings. The Morgan fingerprint density at radius 2 is 0.630 bits per heavy atom. The molecule has 478 valence electrons. The number of esters is 1. The highest BCUT2D eigenvalue weighted by Gasteiger charge is 2.18. The maximum absolute atomic E-state index is 12.5. The van der Waals surface area contributed by atoms with E-state index in [4.69, 9.17) is 4.74 Å². The first-order valence-electron chi connectivity index (χ1n) is 36.8. The van der Waals surface area contributed by atoms with Crippen molar-refractivity contribution in [1.82, 2.24) is 5.32 Å². The van der Waals surface area contributed by atoms with E-state index in [0.717, 1.165) is 51.4 Å². The number of hydrogen-bond acceptors (Lipinski definition) is 5. The van der Waals surface area contributed by atoms with Crippen LogP contribution in [0.4, 0.5) is 0 Å². The molecule has 0 aromatic carbocycles. The quantitative estimate of drug-likeness (QED) is 0.0320. The van der Waals surface area contributed by atoms with Crippen LogP contribution in [0.2, 0.25) is 0 Å². The number of unbranched alkanes of at least 4 members (excludes halogenated alkanes) is 54. The lowest BCUT2D eigenvalue weighted by Crippen LogP contribution is -2.45. The standard InChI is InChI=1S/C75H143NO5/c1-3-5-7-9-11-13-15-17-19-20-37-40-43-47-51-55-59-63-67-73(78)72(71-77)76-74(79)68-64-60-56-52-48-44-41-38-35-33-31-29-27-25-23-21-22-24-26-28-30-32-34-36-39-42-46-50-54-58-62-66-70-81-75(80)69-65-61-57-53-49-45-18-16-14-12-10-8-6-4-2/h10,12,16,18,63,67,72-73,77-78H,3-9,11,13-15,17,19-62,64-66,68-71H2,1-2H3,(H,76,79)/b12-10-,18-16-,67-63+. The molecule has 81 heavy (non-hydrogen) atoms. The second-order valence-corrected chi connectivity index (χ2v) is 25.3. The molecule has 0 aromatic heterocycles. The molecule has 0 radical (unpaired) electrons. The number of carbonyl (C=O) groups is 2. The highest BCUT2D eigenvalue weighted by atomic mass is 16.5. The van der Waals surface area contributed by atoms with Crippen molar-refractivity contribution in [3.05, 3.63) is 36.5 Å². The predicted octanol–water partition coefficient (Wildman–Crippen LogP) is 23.9. The van der Waals surface area contributed by atoms with Gasteiger partial charge in [0, 0.05) is 12.8 Å². The van der Waals surface area contributed by atoms with Crippen LogP contribution in [0.25, 0.3) is 0 Å². The van der Waals surface area contributed by atoms with E-state index in [2.05, 4.69) is 43.5 Å². The summed E-state index contributed by atoms with van der Waals surface area (Å²) >= 11 is 0. The van der Waals surface area contributed by atoms with Crippen LogP contribution in [0.1, 0.15) is 406 Å². The summed E-state index contributed by atoms with van der Waals surface area (Å²) in [6.45, 7) is 4.90. The lowest BCUT2D eigenvalue weighted by atomic mass is 10.0. The van der Waals surface area contributed by atoms with Crippen LogP contribution in [0.15, 0.2) is 36.5 Å². The molecule has 2 unspecified atom stereocenters. The largest absolute Gasteiger partial charge is 0.466 e. The van der Waals surface area contributed by atoms with Gasteiger partial charge in [0.15, 0.2) is 0 Å². The molecule has 3 N–H and O–H groups in total. The van der Waals surface area contributed by atoms with Gasteiger partial charge in [0.1, 0.15) is 0 Å². The third-order valence-electron chi connectivity index (χ3n) is 17.2. The van der Waals surface area contributed by atoms with Crippen LogP contribution in [0, 0.1) is 0 Å². The molecular formula is C75H143NO5. The second-order valence-electron chi connectivity index (χ2n) is 25.3. The Hall–Kier alpha value is -1.92. The summed E-state index contributed by atoms with van der Waals surface area (Å²) in [4.78, 5) is 24.6. The minimum atomic E-state index is -0.842. The van der Waals surface area contributed by atoms with Crippen LogP contribution in [0.5, 0.6) is 0 Å². The Balaban J connectivity index is 3.35. The number of allylic oxidation sites excluding steroid dienone is 5. The lowest BCUT2D eigenvalue weighted by molar-refractivity contribution is -0.143. The van der Waals surface area contributed by atoms with Crippen molar-refractivity contribution >= 4 is 11.9 Å². The van der Waals surface area contributed by atoms with Gasteiger partial charge in [0.2, 0.25) is 5.91 Å². The van der Waals surface area contributed by atoms with Crippen molar-refractivity contribution in [3.63, 3.8) is 0 Å². The lowest BCUT2D eigenvalue weighted by Gasteiger charge is -2.20. The summed E-state index contributed by atoms with van der Waals surface area (Å²) in [6.07, 6.45) is 91.0. The summed E-state index contributed by atoms with van der Waals surface area (Å²) in [6, 6.07) is -0.625. The molecule has 0 aromatic rings. The molecule has 0 aliphatic heterocycles. The van der Waals surface area contributed by atoms with E-state index >= 15 is 0 Å². The van der Waals surface area contributed by atoms with E-state index in [0.29, 0.717) is 19.4 Å². The van der Waals surface area contributed by atoms with Gasteiger partial charge in [-0.25, -0.2) is 0 Å². The number of carbonyl (C=O) groups excluding carboxylic acids is 2. The van der Waals surface area contributed by atoms with E-state index in [1.165, 1.54) is 327 Å². The molecule has 1 amide bonds. The molecule has 0 saturated carbocycles. The number of rotatable bonds is 69. The van der Waals surface area contributed by atoms with Gasteiger partial charge in [-0.3, -0.25) is 9.59 Å². The van der Waals surface area contributed by atoms with Gasteiger partial charge in [-0.2, -0.15) is 0 Å². The SMILES string of the molecule is CCCC/C=C\C/C=C\CCCCCCCC(=O)OCCCCCCCCCCCCCCCCCCCCCCCCCCCCCCCCCCC(=O)NC(CO)C(O)/C=C/CCCCCCCCCCCCCCCCCC. The number of aliphatic hydroxyl groups is 2. The Bertz CT molecular complexity index is 1310. The number of ether oxygens (including phenoxy) is 1. The first kappa shape index (κ1) is 79.1. The van der Waals surface area contributed by atoms with E-state index in [1.54, 1.807) is 6.08 Å². The van der Waals surface area contributed by atoms with Crippen molar-refractivity contribution in [1.29, 1.82) is 0 Å². The smallest absolute Gasteiger partial charge is 0.305 e. The minimum absolute atomic E-state index is 0.00664. The molecule has 0 aliphatic rings.